The maximum absolute atomic E-state index is 16.6. The van der Waals surface area contributed by atoms with Gasteiger partial charge in [-0.25, -0.2) is 0 Å². The van der Waals surface area contributed by atoms with Crippen molar-refractivity contribution in [2.24, 2.45) is 0 Å². The molecule has 0 saturated heterocycles. The fourth-order valence-corrected chi connectivity index (χ4v) is 10.3. The maximum atomic E-state index is 16.6. The van der Waals surface area contributed by atoms with Crippen LogP contribution in [0, 0.1) is 0 Å². The molecule has 0 aliphatic carbocycles. The molecule has 0 saturated carbocycles. The van der Waals surface area contributed by atoms with Crippen LogP contribution < -0.4 is 4.46 Å². The summed E-state index contributed by atoms with van der Waals surface area (Å²) in [4.78, 5) is -2.00. The molecule has 43 heavy (non-hydrogen) atoms. The van der Waals surface area contributed by atoms with Gasteiger partial charge in [-0.05, 0) is 0 Å². The summed E-state index contributed by atoms with van der Waals surface area (Å²) >= 11 is -1.20. The molecule has 0 aliphatic heterocycles. The van der Waals surface area contributed by atoms with Gasteiger partial charge in [0, 0.05) is 0 Å². The Balaban J connectivity index is 2.05. The number of benzene rings is 4. The van der Waals surface area contributed by atoms with Crippen molar-refractivity contribution in [2.75, 3.05) is 0 Å². The Labute approximate surface area is 266 Å². The van der Waals surface area contributed by atoms with Crippen molar-refractivity contribution >= 4 is 49.3 Å². The van der Waals surface area contributed by atoms with Gasteiger partial charge in [0.1, 0.15) is 0 Å². The van der Waals surface area contributed by atoms with E-state index in [1.807, 2.05) is 56.0 Å². The second kappa shape index (κ2) is 13.5. The topological polar surface area (TPSA) is 26.3 Å². The van der Waals surface area contributed by atoms with Gasteiger partial charge in [-0.2, -0.15) is 0 Å². The molecule has 0 radical (unpaired) electrons. The predicted molar refractivity (Wildman–Crippen MR) is 181 cm³/mol. The van der Waals surface area contributed by atoms with E-state index >= 15 is 13.0 Å². The zero-order chi connectivity index (χ0) is 31.7. The normalized spacial score (nSPS) is 14.2. The second-order valence-electron chi connectivity index (χ2n) is 13.1. The standard InChI is InChI=1S/C36H44F2O2SSeSi/c1-23(2)27-21-31(24(3)4)34(32(22-27)25(5)6)41(39)33-29-18-14-13-15-26(29)19-20-30(33)35(40-43(7,8)9)36(37,38)42-28-16-11-10-12-17-28/h10-25,35H,1-9H3/t35-,41?/m0/s1. The molecule has 4 aromatic rings. The number of hydrogen-bond acceptors (Lipinski definition) is 2. The van der Waals surface area contributed by atoms with E-state index in [1.165, 1.54) is 5.56 Å². The summed E-state index contributed by atoms with van der Waals surface area (Å²) in [5, 5.41) is 1.59. The van der Waals surface area contributed by atoms with Crippen LogP contribution in [0.4, 0.5) is 8.78 Å². The zero-order valence-corrected chi connectivity index (χ0v) is 30.2. The fourth-order valence-electron chi connectivity index (χ4n) is 5.24. The summed E-state index contributed by atoms with van der Waals surface area (Å²) in [5.41, 5.74) is 3.54. The molecule has 0 bridgehead atoms. The summed E-state index contributed by atoms with van der Waals surface area (Å²) in [6.45, 7) is 18.6. The van der Waals surface area contributed by atoms with Gasteiger partial charge in [-0.1, -0.05) is 0 Å². The molecule has 0 aliphatic rings. The van der Waals surface area contributed by atoms with E-state index in [-0.39, 0.29) is 11.8 Å². The Morgan fingerprint density at radius 1 is 0.721 bits per heavy atom. The molecule has 230 valence electrons. The van der Waals surface area contributed by atoms with Crippen LogP contribution in [0.3, 0.4) is 0 Å². The first-order valence-corrected chi connectivity index (χ1v) is 21.3. The quantitative estimate of drug-likeness (QED) is 0.147. The van der Waals surface area contributed by atoms with E-state index in [4.69, 9.17) is 4.43 Å². The summed E-state index contributed by atoms with van der Waals surface area (Å²) in [5.74, 6) is 0.509. The Morgan fingerprint density at radius 3 is 1.81 bits per heavy atom. The van der Waals surface area contributed by atoms with E-state index in [1.54, 1.807) is 30.3 Å². The van der Waals surface area contributed by atoms with Crippen molar-refractivity contribution in [2.45, 2.75) is 99.7 Å². The average Bonchev–Trinajstić information content (AvgIpc) is 2.94. The molecule has 0 fully saturated rings. The molecule has 4 aromatic carbocycles. The molecule has 7 heteroatoms. The van der Waals surface area contributed by atoms with Crippen LogP contribution in [-0.2, 0) is 15.2 Å². The first-order valence-electron chi connectivity index (χ1n) is 15.0. The van der Waals surface area contributed by atoms with Crippen molar-refractivity contribution < 1.29 is 17.4 Å². The SMILES string of the molecule is CC(C)c1cc(C(C)C)c(S(=O)c2c([C@H](O[Si](C)(C)C)C(F)(F)[Se]c3ccccc3)ccc3ccccc23)c(C(C)C)c1. The summed E-state index contributed by atoms with van der Waals surface area (Å²) in [6.07, 6.45) is -1.53. The van der Waals surface area contributed by atoms with Crippen LogP contribution in [0.2, 0.25) is 19.6 Å². The zero-order valence-electron chi connectivity index (χ0n) is 26.7. The van der Waals surface area contributed by atoms with Crippen molar-refractivity contribution in [3.8, 4) is 0 Å². The number of fused-ring (bicyclic) bond motifs is 1. The van der Waals surface area contributed by atoms with Gasteiger partial charge in [-0.15, -0.1) is 0 Å². The molecule has 0 amide bonds. The molecule has 0 aromatic heterocycles. The molecule has 2 nitrogen and oxygen atoms in total. The Morgan fingerprint density at radius 2 is 1.28 bits per heavy atom. The van der Waals surface area contributed by atoms with E-state index in [0.29, 0.717) is 20.8 Å². The molecule has 1 unspecified atom stereocenters. The molecule has 4 rings (SSSR count). The number of hydrogen-bond donors (Lipinski definition) is 0. The molecular formula is C36H44F2O2SSeSi. The van der Waals surface area contributed by atoms with E-state index < -0.39 is 45.0 Å². The van der Waals surface area contributed by atoms with Gasteiger partial charge in [0.15, 0.2) is 0 Å². The van der Waals surface area contributed by atoms with Crippen molar-refractivity contribution in [1.82, 2.24) is 0 Å². The Kier molecular flexibility index (Phi) is 10.6. The van der Waals surface area contributed by atoms with Crippen LogP contribution in [-0.4, -0.2) is 32.3 Å². The van der Waals surface area contributed by atoms with Crippen molar-refractivity contribution in [3.63, 3.8) is 0 Å². The average molecular weight is 686 g/mol. The van der Waals surface area contributed by atoms with Gasteiger partial charge in [-0.3, -0.25) is 0 Å². The minimum absolute atomic E-state index is 0.102. The number of rotatable bonds is 11. The number of halogens is 2. The monoisotopic (exact) mass is 686 g/mol. The fraction of sp³-hybridized carbons (Fsp3) is 0.389. The first kappa shape index (κ1) is 33.7. The molecule has 0 N–H and O–H groups in total. The summed E-state index contributed by atoms with van der Waals surface area (Å²) in [6, 6.07) is 24.5. The number of alkyl halides is 2. The van der Waals surface area contributed by atoms with Crippen LogP contribution in [0.15, 0.2) is 88.7 Å². The molecule has 2 atom stereocenters. The van der Waals surface area contributed by atoms with Crippen LogP contribution in [0.25, 0.3) is 10.8 Å². The van der Waals surface area contributed by atoms with Gasteiger partial charge in [0.05, 0.1) is 0 Å². The van der Waals surface area contributed by atoms with Crippen LogP contribution >= 0.6 is 0 Å². The van der Waals surface area contributed by atoms with Gasteiger partial charge < -0.3 is 0 Å². The third-order valence-corrected chi connectivity index (χ3v) is 12.1. The van der Waals surface area contributed by atoms with Gasteiger partial charge in [0.25, 0.3) is 0 Å². The van der Waals surface area contributed by atoms with Gasteiger partial charge in [0.2, 0.25) is 0 Å². The molecule has 0 heterocycles. The Bertz CT molecular complexity index is 1570. The van der Waals surface area contributed by atoms with Crippen LogP contribution in [0.1, 0.15) is 87.7 Å². The summed E-state index contributed by atoms with van der Waals surface area (Å²) < 4.78 is 55.4. The molecular weight excluding hydrogens is 642 g/mol. The van der Waals surface area contributed by atoms with Crippen molar-refractivity contribution in [1.29, 1.82) is 0 Å². The minimum atomic E-state index is -3.18. The third-order valence-electron chi connectivity index (χ3n) is 7.42. The van der Waals surface area contributed by atoms with E-state index in [2.05, 4.69) is 53.7 Å². The van der Waals surface area contributed by atoms with E-state index in [9.17, 15) is 0 Å². The third kappa shape index (κ3) is 7.74. The predicted octanol–water partition coefficient (Wildman–Crippen LogP) is 9.89. The van der Waals surface area contributed by atoms with E-state index in [0.717, 1.165) is 26.8 Å². The second-order valence-corrected chi connectivity index (χ2v) is 21.4. The van der Waals surface area contributed by atoms with Gasteiger partial charge >= 0.3 is 267 Å². The summed E-state index contributed by atoms with van der Waals surface area (Å²) in [7, 11) is -4.22. The molecule has 0 spiro atoms. The van der Waals surface area contributed by atoms with Crippen LogP contribution in [0.5, 0.6) is 0 Å². The Hall–Kier alpha value is -2.15. The van der Waals surface area contributed by atoms with Crippen molar-refractivity contribution in [3.05, 3.63) is 101 Å². The first-order chi connectivity index (χ1) is 20.1.